The first-order valence-electron chi connectivity index (χ1n) is 6.70. The van der Waals surface area contributed by atoms with Crippen molar-refractivity contribution in [2.45, 2.75) is 45.4 Å². The Balaban J connectivity index is 1.87. The highest BCUT2D eigenvalue weighted by Crippen LogP contribution is 2.44. The van der Waals surface area contributed by atoms with E-state index in [1.54, 1.807) is 14.0 Å². The second-order valence-electron chi connectivity index (χ2n) is 5.78. The number of Topliss-reactive ketones (excluding diaryl/α,β-unsaturated/α-hetero) is 1. The standard InChI is InChI=1S/C14H24O2/c1-10(15)12-5-6-13-7-11(9-16-2)3-4-14(13)8-12/h11-14H,3-9H2,1-2H3. The largest absolute Gasteiger partial charge is 0.384 e. The molecule has 0 N–H and O–H groups in total. The molecule has 16 heavy (non-hydrogen) atoms. The van der Waals surface area contributed by atoms with E-state index in [1.165, 1.54) is 32.1 Å². The van der Waals surface area contributed by atoms with Gasteiger partial charge in [0.1, 0.15) is 5.78 Å². The van der Waals surface area contributed by atoms with Gasteiger partial charge in [0.05, 0.1) is 0 Å². The summed E-state index contributed by atoms with van der Waals surface area (Å²) in [6, 6.07) is 0. The van der Waals surface area contributed by atoms with Crippen LogP contribution >= 0.6 is 0 Å². The van der Waals surface area contributed by atoms with Gasteiger partial charge in [-0.3, -0.25) is 4.79 Å². The lowest BCUT2D eigenvalue weighted by atomic mass is 9.64. The van der Waals surface area contributed by atoms with Crippen molar-refractivity contribution in [3.05, 3.63) is 0 Å². The van der Waals surface area contributed by atoms with Gasteiger partial charge in [0.15, 0.2) is 0 Å². The van der Waals surface area contributed by atoms with Gasteiger partial charge in [-0.2, -0.15) is 0 Å². The molecule has 4 atom stereocenters. The van der Waals surface area contributed by atoms with Crippen LogP contribution in [0.1, 0.15) is 45.4 Å². The normalized spacial score (nSPS) is 39.1. The molecule has 2 fully saturated rings. The fourth-order valence-corrected chi connectivity index (χ4v) is 3.74. The second kappa shape index (κ2) is 5.31. The molecule has 0 amide bonds. The third kappa shape index (κ3) is 2.65. The van der Waals surface area contributed by atoms with Crippen molar-refractivity contribution in [3.63, 3.8) is 0 Å². The number of ketones is 1. The fraction of sp³-hybridized carbons (Fsp3) is 0.929. The minimum absolute atomic E-state index is 0.375. The maximum Gasteiger partial charge on any atom is 0.132 e. The van der Waals surface area contributed by atoms with Crippen LogP contribution in [0.5, 0.6) is 0 Å². The van der Waals surface area contributed by atoms with Crippen LogP contribution in [0.25, 0.3) is 0 Å². The Morgan fingerprint density at radius 3 is 2.50 bits per heavy atom. The quantitative estimate of drug-likeness (QED) is 0.736. The molecule has 0 aromatic rings. The molecule has 0 spiro atoms. The number of fused-ring (bicyclic) bond motifs is 1. The summed E-state index contributed by atoms with van der Waals surface area (Å²) in [4.78, 5) is 11.4. The molecule has 0 aromatic heterocycles. The smallest absolute Gasteiger partial charge is 0.132 e. The van der Waals surface area contributed by atoms with E-state index in [0.29, 0.717) is 11.7 Å². The van der Waals surface area contributed by atoms with Crippen LogP contribution in [0.4, 0.5) is 0 Å². The molecule has 2 nitrogen and oxygen atoms in total. The van der Waals surface area contributed by atoms with Crippen molar-refractivity contribution in [2.75, 3.05) is 13.7 Å². The Kier molecular flexibility index (Phi) is 4.01. The van der Waals surface area contributed by atoms with Gasteiger partial charge >= 0.3 is 0 Å². The molecule has 0 saturated heterocycles. The summed E-state index contributed by atoms with van der Waals surface area (Å²) in [7, 11) is 1.80. The molecule has 92 valence electrons. The summed E-state index contributed by atoms with van der Waals surface area (Å²) in [5.74, 6) is 3.28. The van der Waals surface area contributed by atoms with Gasteiger partial charge in [0, 0.05) is 19.6 Å². The van der Waals surface area contributed by atoms with E-state index in [0.717, 1.165) is 30.8 Å². The van der Waals surface area contributed by atoms with Crippen LogP contribution in [0.3, 0.4) is 0 Å². The number of ether oxygens (including phenoxy) is 1. The predicted molar refractivity (Wildman–Crippen MR) is 64.2 cm³/mol. The lowest BCUT2D eigenvalue weighted by Crippen LogP contribution is -2.34. The Labute approximate surface area is 98.7 Å². The highest BCUT2D eigenvalue weighted by atomic mass is 16.5. The summed E-state index contributed by atoms with van der Waals surface area (Å²) in [5, 5.41) is 0. The average molecular weight is 224 g/mol. The third-order valence-corrected chi connectivity index (χ3v) is 4.70. The zero-order chi connectivity index (χ0) is 11.5. The number of methoxy groups -OCH3 is 1. The van der Waals surface area contributed by atoms with Crippen molar-refractivity contribution in [3.8, 4) is 0 Å². The van der Waals surface area contributed by atoms with Crippen LogP contribution in [-0.2, 0) is 9.53 Å². The number of carbonyl (C=O) groups excluding carboxylic acids is 1. The van der Waals surface area contributed by atoms with E-state index in [1.807, 2.05) is 0 Å². The van der Waals surface area contributed by atoms with Gasteiger partial charge in [-0.25, -0.2) is 0 Å². The molecule has 0 bridgehead atoms. The van der Waals surface area contributed by atoms with Crippen molar-refractivity contribution < 1.29 is 9.53 Å². The summed E-state index contributed by atoms with van der Waals surface area (Å²) < 4.78 is 5.27. The lowest BCUT2D eigenvalue weighted by Gasteiger charge is -2.41. The number of hydrogen-bond donors (Lipinski definition) is 0. The van der Waals surface area contributed by atoms with Gasteiger partial charge in [-0.15, -0.1) is 0 Å². The Morgan fingerprint density at radius 2 is 1.81 bits per heavy atom. The molecule has 2 saturated carbocycles. The number of hydrogen-bond acceptors (Lipinski definition) is 2. The summed E-state index contributed by atoms with van der Waals surface area (Å²) in [6.45, 7) is 2.70. The van der Waals surface area contributed by atoms with Gasteiger partial charge in [0.25, 0.3) is 0 Å². The van der Waals surface area contributed by atoms with Crippen molar-refractivity contribution >= 4 is 5.78 Å². The number of carbonyl (C=O) groups is 1. The van der Waals surface area contributed by atoms with Crippen molar-refractivity contribution in [1.29, 1.82) is 0 Å². The van der Waals surface area contributed by atoms with E-state index < -0.39 is 0 Å². The average Bonchev–Trinajstić information content (AvgIpc) is 2.28. The SMILES string of the molecule is COCC1CCC2CC(C(C)=O)CCC2C1. The van der Waals surface area contributed by atoms with E-state index in [9.17, 15) is 4.79 Å². The van der Waals surface area contributed by atoms with Gasteiger partial charge in [0.2, 0.25) is 0 Å². The monoisotopic (exact) mass is 224 g/mol. The van der Waals surface area contributed by atoms with Gasteiger partial charge in [-0.05, 0) is 63.2 Å². The zero-order valence-electron chi connectivity index (χ0n) is 10.6. The minimum atomic E-state index is 0.375. The molecule has 0 heterocycles. The van der Waals surface area contributed by atoms with Crippen LogP contribution in [0.2, 0.25) is 0 Å². The molecule has 2 rings (SSSR count). The molecule has 2 aliphatic rings. The van der Waals surface area contributed by atoms with Crippen molar-refractivity contribution in [2.24, 2.45) is 23.7 Å². The van der Waals surface area contributed by atoms with E-state index >= 15 is 0 Å². The first kappa shape index (κ1) is 12.1. The van der Waals surface area contributed by atoms with E-state index in [4.69, 9.17) is 4.74 Å². The van der Waals surface area contributed by atoms with E-state index in [-0.39, 0.29) is 0 Å². The molecule has 0 aromatic carbocycles. The highest BCUT2D eigenvalue weighted by molar-refractivity contribution is 5.78. The molecule has 4 unspecified atom stereocenters. The van der Waals surface area contributed by atoms with Crippen LogP contribution < -0.4 is 0 Å². The summed E-state index contributed by atoms with van der Waals surface area (Å²) in [5.41, 5.74) is 0. The summed E-state index contributed by atoms with van der Waals surface area (Å²) >= 11 is 0. The molecule has 2 aliphatic carbocycles. The zero-order valence-corrected chi connectivity index (χ0v) is 10.6. The van der Waals surface area contributed by atoms with Gasteiger partial charge < -0.3 is 4.74 Å². The Bertz CT molecular complexity index is 249. The van der Waals surface area contributed by atoms with E-state index in [2.05, 4.69) is 0 Å². The third-order valence-electron chi connectivity index (χ3n) is 4.70. The highest BCUT2D eigenvalue weighted by Gasteiger charge is 2.36. The molecule has 2 heteroatoms. The summed E-state index contributed by atoms with van der Waals surface area (Å²) in [6.07, 6.45) is 7.54. The maximum absolute atomic E-state index is 11.4. The Hall–Kier alpha value is -0.370. The molecular weight excluding hydrogens is 200 g/mol. The predicted octanol–water partition coefficient (Wildman–Crippen LogP) is 3.05. The maximum atomic E-state index is 11.4. The van der Waals surface area contributed by atoms with Crippen LogP contribution in [-0.4, -0.2) is 19.5 Å². The lowest BCUT2D eigenvalue weighted by molar-refractivity contribution is -0.123. The minimum Gasteiger partial charge on any atom is -0.384 e. The first-order chi connectivity index (χ1) is 7.70. The van der Waals surface area contributed by atoms with Gasteiger partial charge in [-0.1, -0.05) is 0 Å². The van der Waals surface area contributed by atoms with Crippen LogP contribution in [0.15, 0.2) is 0 Å². The molecule has 0 radical (unpaired) electrons. The second-order valence-corrected chi connectivity index (χ2v) is 5.78. The fourth-order valence-electron chi connectivity index (χ4n) is 3.74. The topological polar surface area (TPSA) is 26.3 Å². The first-order valence-corrected chi connectivity index (χ1v) is 6.70. The molecular formula is C14H24O2. The van der Waals surface area contributed by atoms with Crippen LogP contribution in [0, 0.1) is 23.7 Å². The number of rotatable bonds is 3. The van der Waals surface area contributed by atoms with Crippen molar-refractivity contribution in [1.82, 2.24) is 0 Å². The Morgan fingerprint density at radius 1 is 1.12 bits per heavy atom. The molecule has 0 aliphatic heterocycles.